The van der Waals surface area contributed by atoms with E-state index in [9.17, 15) is 76.7 Å². The molecule has 39 heteroatoms. The van der Waals surface area contributed by atoms with E-state index in [2.05, 4.69) is 54.8 Å². The topological polar surface area (TPSA) is 521 Å². The number of carbonyl (C=O) groups excluding carboxylic acids is 16. The molecule has 622 valence electrons. The van der Waals surface area contributed by atoms with Gasteiger partial charge in [-0.05, 0) is 173 Å². The van der Waals surface area contributed by atoms with E-state index in [1.807, 2.05) is 34.6 Å². The standard InChI is InChI=1S/C19H28ClN3O3S.C15H20ClN3O3S.C14H16ClN3O4S.C14H19N3O3S.C13H16N2O4S/c1-2-3-4-5-6-7-11-23-19(26)27-16-9-8-14(20)13-15(16)18(25)22-12-10-17(21)24;1-15(2,3)19-14(22)23-11-5-4-9(16)8-10(11)13(21)18-7-6-12(17)20;15-7-12(20)18-8-13(21)23-10-4-2-1-3-9(10)14(22)17-6-5-11(16)19;1-9(2)17-14(20)21-11-6-4-3-5-10(11)13(19)16-8-7-12(15)18;1-8(16)20-12-9(4-3-5-10(12)19-2)13(18)15-7-6-11(14)17/h8-9,13H,2-7,10-12H2,1H3,(H2,21,24)(H,22,25)(H,23,26);4-5,8H,6-7H2,1-3H3,(H2,17,20)(H,18,21)(H,19,22);1-4H,5-8H2,(H2,16,19)(H,17,22)(H,18,20);3-6,9H,7-8H2,1-2H3,(H2,15,18)(H,16,19)(H,17,20);3-5H,6-7H2,1-2H3,(H2,14,17)(H,15,18). The summed E-state index contributed by atoms with van der Waals surface area (Å²) in [5, 5.41) is 23.3. The van der Waals surface area contributed by atoms with Gasteiger partial charge < -0.3 is 81.3 Å². The van der Waals surface area contributed by atoms with Gasteiger partial charge in [-0.1, -0.05) is 92.6 Å². The predicted octanol–water partition coefficient (Wildman–Crippen LogP) is 9.36. The van der Waals surface area contributed by atoms with E-state index in [-0.39, 0.29) is 132 Å². The number of ether oxygens (including phenoxy) is 1. The van der Waals surface area contributed by atoms with Crippen LogP contribution >= 0.6 is 93.6 Å². The first-order valence-electron chi connectivity index (χ1n) is 35.2. The highest BCUT2D eigenvalue weighted by atomic mass is 35.5. The molecule has 0 atom stereocenters. The van der Waals surface area contributed by atoms with Gasteiger partial charge in [-0.15, -0.1) is 11.6 Å². The van der Waals surface area contributed by atoms with Gasteiger partial charge in [0.25, 0.3) is 45.3 Å². The Kier molecular flexibility index (Phi) is 51.6. The second-order valence-corrected chi connectivity index (χ2v) is 31.5. The van der Waals surface area contributed by atoms with Crippen LogP contribution in [0, 0.1) is 0 Å². The molecule has 0 radical (unpaired) electrons. The molecule has 0 spiro atoms. The fraction of sp³-hybridized carbons (Fsp3) is 0.387. The van der Waals surface area contributed by atoms with E-state index in [1.54, 1.807) is 91.0 Å². The van der Waals surface area contributed by atoms with Crippen molar-refractivity contribution in [1.29, 1.82) is 0 Å². The van der Waals surface area contributed by atoms with Crippen LogP contribution in [0.1, 0.15) is 171 Å². The predicted molar refractivity (Wildman–Crippen MR) is 447 cm³/mol. The molecule has 0 saturated heterocycles. The van der Waals surface area contributed by atoms with Crippen molar-refractivity contribution in [2.75, 3.05) is 58.8 Å². The largest absolute Gasteiger partial charge is 0.496 e. The van der Waals surface area contributed by atoms with Crippen molar-refractivity contribution >= 4 is 185 Å². The van der Waals surface area contributed by atoms with Crippen LogP contribution in [-0.4, -0.2) is 161 Å². The first kappa shape index (κ1) is 102. The lowest BCUT2D eigenvalue weighted by atomic mass is 10.1. The first-order chi connectivity index (χ1) is 53.8. The van der Waals surface area contributed by atoms with Crippen LogP contribution in [0.25, 0.3) is 0 Å². The quantitative estimate of drug-likeness (QED) is 0.00999. The Morgan fingerprint density at radius 3 is 1.21 bits per heavy atom. The number of hydrogen-bond donors (Lipinski definition) is 14. The van der Waals surface area contributed by atoms with Crippen LogP contribution in [0.3, 0.4) is 0 Å². The molecule has 0 aliphatic carbocycles. The maximum atomic E-state index is 12.3. The van der Waals surface area contributed by atoms with Crippen molar-refractivity contribution in [3.63, 3.8) is 0 Å². The minimum absolute atomic E-state index is 0.0292. The Bertz CT molecular complexity index is 4120. The molecule has 0 aromatic heterocycles. The second-order valence-electron chi connectivity index (χ2n) is 25.0. The minimum Gasteiger partial charge on any atom is -0.496 e. The SMILES string of the molecule is CC(C)(C)NC(=O)Sc1ccc(Cl)cc1C(=O)NCCC(N)=O.CC(C)NC(=O)Sc1ccccc1C(=O)NCCC(N)=O.CCCCCCCCNC(=O)Sc1ccc(Cl)cc1C(=O)NCCC(N)=O.COc1cccc(C(=O)NCCC(N)=O)c1SC(C)=O.NC(=O)CCNC(=O)c1ccccc1SC(=O)CNC(=O)CCl. The first-order valence-corrected chi connectivity index (χ1v) is 40.6. The Hall–Kier alpha value is -9.56. The highest BCUT2D eigenvalue weighted by Gasteiger charge is 2.23. The molecular formula is C75H99Cl3N14O17S5. The molecule has 5 aromatic carbocycles. The zero-order chi connectivity index (χ0) is 85.9. The van der Waals surface area contributed by atoms with E-state index in [0.29, 0.717) is 69.1 Å². The van der Waals surface area contributed by atoms with Gasteiger partial charge in [-0.25, -0.2) is 0 Å². The number of benzene rings is 5. The highest BCUT2D eigenvalue weighted by Crippen LogP contribution is 2.34. The number of alkyl halides is 1. The van der Waals surface area contributed by atoms with Crippen LogP contribution in [0.4, 0.5) is 14.4 Å². The lowest BCUT2D eigenvalue weighted by Crippen LogP contribution is -2.38. The summed E-state index contributed by atoms with van der Waals surface area (Å²) in [5.74, 6) is -4.65. The molecule has 114 heavy (non-hydrogen) atoms. The van der Waals surface area contributed by atoms with Crippen molar-refractivity contribution < 1.29 is 81.4 Å². The Balaban J connectivity index is 0.000000715. The van der Waals surface area contributed by atoms with E-state index in [4.69, 9.17) is 68.2 Å². The van der Waals surface area contributed by atoms with Gasteiger partial charge in [0.05, 0.1) is 46.4 Å². The summed E-state index contributed by atoms with van der Waals surface area (Å²) in [6.07, 6.45) is 7.19. The fourth-order valence-electron chi connectivity index (χ4n) is 8.51. The number of hydrogen-bond acceptors (Lipinski definition) is 22. The Labute approximate surface area is 698 Å². The highest BCUT2D eigenvalue weighted by molar-refractivity contribution is 8.14. The maximum Gasteiger partial charge on any atom is 0.284 e. The molecule has 0 fully saturated rings. The van der Waals surface area contributed by atoms with Gasteiger partial charge in [-0.2, -0.15) is 0 Å². The van der Waals surface area contributed by atoms with Crippen molar-refractivity contribution in [3.05, 3.63) is 141 Å². The van der Waals surface area contributed by atoms with Gasteiger partial charge in [0.15, 0.2) is 5.12 Å². The molecule has 0 heterocycles. The van der Waals surface area contributed by atoms with Crippen LogP contribution < -0.4 is 81.3 Å². The summed E-state index contributed by atoms with van der Waals surface area (Å²) >= 11 is 21.8. The summed E-state index contributed by atoms with van der Waals surface area (Å²) in [6, 6.07) is 27.8. The monoisotopic (exact) mass is 1730 g/mol. The number of rotatable bonds is 37. The van der Waals surface area contributed by atoms with Crippen LogP contribution in [-0.2, 0) is 38.4 Å². The van der Waals surface area contributed by atoms with Gasteiger partial charge in [0, 0.05) is 120 Å². The molecule has 5 aromatic rings. The van der Waals surface area contributed by atoms with E-state index < -0.39 is 53.2 Å². The summed E-state index contributed by atoms with van der Waals surface area (Å²) < 4.78 is 5.15. The molecular weight excluding hydrogens is 1640 g/mol. The summed E-state index contributed by atoms with van der Waals surface area (Å²) in [6.45, 7) is 14.0. The maximum absolute atomic E-state index is 12.3. The number of primary amides is 5. The number of amides is 14. The van der Waals surface area contributed by atoms with E-state index >= 15 is 0 Å². The minimum atomic E-state index is -0.516. The molecule has 0 aliphatic rings. The zero-order valence-electron chi connectivity index (χ0n) is 64.3. The third kappa shape index (κ3) is 47.2. The molecule has 31 nitrogen and oxygen atoms in total. The Morgan fingerprint density at radius 2 is 0.807 bits per heavy atom. The van der Waals surface area contributed by atoms with Gasteiger partial charge >= 0.3 is 0 Å². The second kappa shape index (κ2) is 57.5. The summed E-state index contributed by atoms with van der Waals surface area (Å²) in [5.41, 5.74) is 26.3. The smallest absolute Gasteiger partial charge is 0.284 e. The van der Waals surface area contributed by atoms with E-state index in [1.165, 1.54) is 51.8 Å². The summed E-state index contributed by atoms with van der Waals surface area (Å²) in [7, 11) is 1.47. The van der Waals surface area contributed by atoms with Crippen LogP contribution in [0.2, 0.25) is 10.0 Å². The molecule has 19 N–H and O–H groups in total. The molecule has 0 bridgehead atoms. The number of halogens is 3. The van der Waals surface area contributed by atoms with Crippen molar-refractivity contribution in [2.24, 2.45) is 28.7 Å². The van der Waals surface area contributed by atoms with Gasteiger partial charge in [0.1, 0.15) is 11.6 Å². The van der Waals surface area contributed by atoms with E-state index in [0.717, 1.165) is 71.7 Å². The molecule has 14 amide bonds. The number of thioether (sulfide) groups is 5. The van der Waals surface area contributed by atoms with Crippen molar-refractivity contribution in [2.45, 2.75) is 155 Å². The van der Waals surface area contributed by atoms with Crippen molar-refractivity contribution in [1.82, 2.24) is 47.9 Å². The van der Waals surface area contributed by atoms with Crippen molar-refractivity contribution in [3.8, 4) is 5.75 Å². The third-order valence-corrected chi connectivity index (χ3v) is 18.9. The van der Waals surface area contributed by atoms with Crippen LogP contribution in [0.5, 0.6) is 5.75 Å². The molecule has 0 aliphatic heterocycles. The average Bonchev–Trinajstić information content (AvgIpc) is 0.845. The fourth-order valence-corrected chi connectivity index (χ4v) is 13.2. The molecule has 0 unspecified atom stereocenters. The zero-order valence-corrected chi connectivity index (χ0v) is 70.7. The number of carbonyl (C=O) groups is 16. The Morgan fingerprint density at radius 1 is 0.430 bits per heavy atom. The lowest BCUT2D eigenvalue weighted by molar-refractivity contribution is -0.121. The molecule has 5 rings (SSSR count). The van der Waals surface area contributed by atoms with Gasteiger partial charge in [0.2, 0.25) is 40.6 Å². The number of nitrogens with two attached hydrogens (primary N) is 5. The third-order valence-electron chi connectivity index (χ3n) is 13.7. The summed E-state index contributed by atoms with van der Waals surface area (Å²) in [4.78, 5) is 187. The normalized spacial score (nSPS) is 10.3. The average molecular weight is 1740 g/mol. The lowest BCUT2D eigenvalue weighted by Gasteiger charge is -2.20. The number of unbranched alkanes of at least 4 members (excludes halogenated alkanes) is 5. The van der Waals surface area contributed by atoms with Crippen LogP contribution in [0.15, 0.2) is 128 Å². The molecule has 0 saturated carbocycles. The number of methoxy groups -OCH3 is 1. The number of nitrogens with one attached hydrogen (secondary N) is 9. The van der Waals surface area contributed by atoms with Gasteiger partial charge in [-0.3, -0.25) is 76.7 Å².